The number of rotatable bonds is 6. The third kappa shape index (κ3) is 4.59. The average molecular weight is 614 g/mol. The van der Waals surface area contributed by atoms with Crippen LogP contribution >= 0.6 is 0 Å². The van der Waals surface area contributed by atoms with Gasteiger partial charge in [0.1, 0.15) is 12.2 Å². The smallest absolute Gasteiger partial charge is 0.289 e. The molecule has 3 fully saturated rings. The van der Waals surface area contributed by atoms with Crippen LogP contribution in [0.5, 0.6) is 5.75 Å². The van der Waals surface area contributed by atoms with E-state index < -0.39 is 11.6 Å². The van der Waals surface area contributed by atoms with Crippen molar-refractivity contribution in [3.8, 4) is 28.1 Å². The highest BCUT2D eigenvalue weighted by molar-refractivity contribution is 6.38. The fourth-order valence-electron chi connectivity index (χ4n) is 7.33. The Labute approximate surface area is 257 Å². The van der Waals surface area contributed by atoms with Gasteiger partial charge < -0.3 is 21.1 Å². The van der Waals surface area contributed by atoms with E-state index in [0.29, 0.717) is 41.4 Å². The Morgan fingerprint density at radius 2 is 1.82 bits per heavy atom. The number of hydrogen-bond donors (Lipinski definition) is 3. The van der Waals surface area contributed by atoms with Gasteiger partial charge in [0.2, 0.25) is 5.82 Å². The van der Waals surface area contributed by atoms with Gasteiger partial charge in [0.25, 0.3) is 5.91 Å². The van der Waals surface area contributed by atoms with Crippen LogP contribution < -0.4 is 16.2 Å². The Morgan fingerprint density at radius 3 is 2.44 bits per heavy atom. The zero-order chi connectivity index (χ0) is 31.6. The average Bonchev–Trinajstić information content (AvgIpc) is 3.71. The number of nitrogens with two attached hydrogens (primary N) is 2. The molecule has 1 amide bonds. The molecule has 1 saturated carbocycles. The third-order valence-electron chi connectivity index (χ3n) is 9.54. The molecule has 0 radical (unpaired) electrons. The summed E-state index contributed by atoms with van der Waals surface area (Å²) in [6.45, 7) is 2.20. The highest BCUT2D eigenvalue weighted by Gasteiger charge is 2.51. The van der Waals surface area contributed by atoms with Crippen molar-refractivity contribution in [3.05, 3.63) is 59.6 Å². The van der Waals surface area contributed by atoms with Crippen molar-refractivity contribution in [2.24, 2.45) is 10.7 Å². The third-order valence-corrected chi connectivity index (χ3v) is 9.54. The molecule has 13 heteroatoms. The summed E-state index contributed by atoms with van der Waals surface area (Å²) < 4.78 is 35.7. The number of amides is 1. The first kappa shape index (κ1) is 28.8. The largest absolute Gasteiger partial charge is 0.494 e. The molecule has 3 aliphatic rings. The fraction of sp³-hybridized carbons (Fsp3) is 0.375. The molecule has 7 rings (SSSR count). The lowest BCUT2D eigenvalue weighted by atomic mass is 9.72. The van der Waals surface area contributed by atoms with Crippen molar-refractivity contribution < 1.29 is 18.3 Å². The Morgan fingerprint density at radius 1 is 1.09 bits per heavy atom. The zero-order valence-electron chi connectivity index (χ0n) is 24.9. The van der Waals surface area contributed by atoms with Crippen molar-refractivity contribution in [2.75, 3.05) is 12.8 Å². The van der Waals surface area contributed by atoms with Gasteiger partial charge in [-0.2, -0.15) is 14.0 Å². The minimum absolute atomic E-state index is 0.0247. The number of anilines is 1. The standard InChI is InChI=1S/C32H33F2N9O2/c1-32(11-18-6-7-19(12-32)42(18)31(44)28(36)39-15-35)27-24(16-3-4-16)29(37)43-30(41-27)21(14-40-43)17-5-9-22(38-13-17)20-8-10-23(45-2)26(34)25(20)33/h5,8-10,13-16,18-19H,3-4,6-7,11-12,37H2,1-2H3,(H3,35,36,39)/t18-,19?,32?/m0/s1. The molecule has 0 spiro atoms. The molecule has 2 unspecified atom stereocenters. The molecule has 1 aromatic carbocycles. The summed E-state index contributed by atoms with van der Waals surface area (Å²) in [7, 11) is 1.28. The van der Waals surface area contributed by atoms with Gasteiger partial charge >= 0.3 is 0 Å². The molecule has 2 bridgehead atoms. The van der Waals surface area contributed by atoms with Crippen molar-refractivity contribution in [1.29, 1.82) is 5.41 Å². The number of hydrogen-bond acceptors (Lipinski definition) is 7. The Balaban J connectivity index is 1.27. The summed E-state index contributed by atoms with van der Waals surface area (Å²) in [4.78, 5) is 28.4. The Kier molecular flexibility index (Phi) is 6.79. The lowest BCUT2D eigenvalue weighted by Gasteiger charge is -2.45. The highest BCUT2D eigenvalue weighted by Crippen LogP contribution is 2.53. The van der Waals surface area contributed by atoms with Crippen LogP contribution in [0.2, 0.25) is 0 Å². The molecule has 3 aromatic heterocycles. The van der Waals surface area contributed by atoms with E-state index in [9.17, 15) is 13.6 Å². The summed E-state index contributed by atoms with van der Waals surface area (Å²) in [5, 5.41) is 11.8. The number of benzene rings is 1. The number of pyridine rings is 1. The van der Waals surface area contributed by atoms with Crippen molar-refractivity contribution >= 4 is 29.5 Å². The summed E-state index contributed by atoms with van der Waals surface area (Å²) >= 11 is 0. The molecular formula is C32H33F2N9O2. The topological polar surface area (TPSA) is 161 Å². The summed E-state index contributed by atoms with van der Waals surface area (Å²) in [6, 6.07) is 6.15. The van der Waals surface area contributed by atoms with E-state index in [-0.39, 0.29) is 46.2 Å². The molecular weight excluding hydrogens is 580 g/mol. The molecule has 2 saturated heterocycles. The number of nitrogen functional groups attached to an aromatic ring is 1. The van der Waals surface area contributed by atoms with Crippen LogP contribution in [-0.4, -0.2) is 61.8 Å². The van der Waals surface area contributed by atoms with Gasteiger partial charge in [0.05, 0.1) is 24.7 Å². The first-order chi connectivity index (χ1) is 21.6. The number of methoxy groups -OCH3 is 1. The summed E-state index contributed by atoms with van der Waals surface area (Å²) in [5.74, 6) is -1.92. The minimum Gasteiger partial charge on any atom is -0.494 e. The van der Waals surface area contributed by atoms with E-state index in [1.54, 1.807) is 29.0 Å². The molecule has 5 N–H and O–H groups in total. The van der Waals surface area contributed by atoms with E-state index in [1.807, 2.05) is 4.90 Å². The number of ether oxygens (including phenoxy) is 1. The molecule has 5 heterocycles. The second-order valence-electron chi connectivity index (χ2n) is 12.4. The van der Waals surface area contributed by atoms with Crippen LogP contribution in [0, 0.1) is 17.0 Å². The normalized spacial score (nSPS) is 23.0. The predicted octanol–water partition coefficient (Wildman–Crippen LogP) is 4.58. The number of amidine groups is 1. The fourth-order valence-corrected chi connectivity index (χ4v) is 7.33. The lowest BCUT2D eigenvalue weighted by molar-refractivity contribution is -0.129. The van der Waals surface area contributed by atoms with Crippen LogP contribution in [-0.2, 0) is 10.2 Å². The number of carbonyl (C=O) groups excluding carboxylic acids is 1. The predicted molar refractivity (Wildman–Crippen MR) is 165 cm³/mol. The van der Waals surface area contributed by atoms with Crippen molar-refractivity contribution in [1.82, 2.24) is 24.5 Å². The molecule has 232 valence electrons. The van der Waals surface area contributed by atoms with E-state index in [2.05, 4.69) is 22.0 Å². The number of nitrogens with one attached hydrogen (secondary N) is 1. The van der Waals surface area contributed by atoms with Gasteiger partial charge in [-0.3, -0.25) is 15.2 Å². The lowest BCUT2D eigenvalue weighted by Crippen LogP contribution is -2.54. The van der Waals surface area contributed by atoms with Crippen LogP contribution in [0.4, 0.5) is 14.6 Å². The highest BCUT2D eigenvalue weighted by atomic mass is 19.2. The number of halogens is 2. The maximum absolute atomic E-state index is 14.8. The maximum Gasteiger partial charge on any atom is 0.289 e. The maximum atomic E-state index is 14.8. The van der Waals surface area contributed by atoms with Gasteiger partial charge in [-0.15, -0.1) is 0 Å². The summed E-state index contributed by atoms with van der Waals surface area (Å²) in [6.07, 6.45) is 9.22. The quantitative estimate of drug-likeness (QED) is 0.212. The second kappa shape index (κ2) is 10.6. The number of fused-ring (bicyclic) bond motifs is 3. The SMILES string of the molecule is COc1ccc(-c2ccc(-c3cnn4c(N)c(C5CC5)c(C5(C)CC6CC[C@@H](C5)N6C(=O)C(N)=NC=N)nc34)cn2)c(F)c1F. The van der Waals surface area contributed by atoms with E-state index in [1.165, 1.54) is 19.2 Å². The van der Waals surface area contributed by atoms with E-state index in [0.717, 1.165) is 43.3 Å². The Hall–Kier alpha value is -4.94. The molecule has 4 aromatic rings. The number of aliphatic imine (C=N–C) groups is 1. The molecule has 2 aliphatic heterocycles. The van der Waals surface area contributed by atoms with Gasteiger partial charge in [0, 0.05) is 45.9 Å². The monoisotopic (exact) mass is 613 g/mol. The molecule has 45 heavy (non-hydrogen) atoms. The number of nitrogens with zero attached hydrogens (tertiary/aromatic N) is 6. The first-order valence-corrected chi connectivity index (χ1v) is 15.0. The van der Waals surface area contributed by atoms with Crippen LogP contribution in [0.3, 0.4) is 0 Å². The Bertz CT molecular complexity index is 1870. The van der Waals surface area contributed by atoms with Crippen LogP contribution in [0.1, 0.15) is 62.6 Å². The zero-order valence-corrected chi connectivity index (χ0v) is 24.9. The van der Waals surface area contributed by atoms with Gasteiger partial charge in [-0.1, -0.05) is 13.0 Å². The first-order valence-electron chi connectivity index (χ1n) is 15.0. The van der Waals surface area contributed by atoms with Crippen molar-refractivity contribution in [2.45, 2.75) is 68.9 Å². The van der Waals surface area contributed by atoms with Gasteiger partial charge in [0.15, 0.2) is 23.0 Å². The molecule has 3 atom stereocenters. The van der Waals surface area contributed by atoms with Crippen LogP contribution in [0.25, 0.3) is 28.0 Å². The van der Waals surface area contributed by atoms with Crippen molar-refractivity contribution in [3.63, 3.8) is 0 Å². The van der Waals surface area contributed by atoms with E-state index >= 15 is 0 Å². The van der Waals surface area contributed by atoms with Gasteiger partial charge in [-0.25, -0.2) is 14.4 Å². The number of piperidine rings is 1. The molecule has 11 nitrogen and oxygen atoms in total. The van der Waals surface area contributed by atoms with Crippen LogP contribution in [0.15, 0.2) is 41.7 Å². The van der Waals surface area contributed by atoms with Gasteiger partial charge in [-0.05, 0) is 62.6 Å². The summed E-state index contributed by atoms with van der Waals surface area (Å²) in [5.41, 5.74) is 16.6. The minimum atomic E-state index is -1.07. The van der Waals surface area contributed by atoms with E-state index in [4.69, 9.17) is 26.6 Å². The molecule has 1 aliphatic carbocycles. The number of carbonyl (C=O) groups is 1. The second-order valence-corrected chi connectivity index (χ2v) is 12.4. The number of aromatic nitrogens is 4.